The number of guanidine groups is 1. The molecule has 0 unspecified atom stereocenters. The van der Waals surface area contributed by atoms with E-state index < -0.39 is 0 Å². The second-order valence-electron chi connectivity index (χ2n) is 8.13. The van der Waals surface area contributed by atoms with Crippen LogP contribution in [0.3, 0.4) is 0 Å². The van der Waals surface area contributed by atoms with E-state index in [0.29, 0.717) is 12.6 Å². The molecule has 29 heavy (non-hydrogen) atoms. The van der Waals surface area contributed by atoms with E-state index in [-0.39, 0.29) is 0 Å². The third kappa shape index (κ3) is 7.11. The van der Waals surface area contributed by atoms with Crippen molar-refractivity contribution < 1.29 is 9.47 Å². The van der Waals surface area contributed by atoms with Crippen LogP contribution in [0, 0.1) is 0 Å². The second kappa shape index (κ2) is 11.9. The van der Waals surface area contributed by atoms with Gasteiger partial charge in [0.1, 0.15) is 11.5 Å². The largest absolute Gasteiger partial charge is 0.497 e. The first-order chi connectivity index (χ1) is 14.3. The summed E-state index contributed by atoms with van der Waals surface area (Å²) in [5.41, 5.74) is 0. The van der Waals surface area contributed by atoms with Crippen molar-refractivity contribution >= 4 is 5.96 Å². The van der Waals surface area contributed by atoms with Gasteiger partial charge in [-0.1, -0.05) is 25.3 Å². The van der Waals surface area contributed by atoms with Crippen molar-refractivity contribution in [2.75, 3.05) is 40.4 Å². The Morgan fingerprint density at radius 3 is 2.59 bits per heavy atom. The molecule has 2 aliphatic rings. The molecular formula is C23H38N4O2. The average Bonchev–Trinajstić information content (AvgIpc) is 2.79. The van der Waals surface area contributed by atoms with Crippen molar-refractivity contribution in [1.29, 1.82) is 0 Å². The predicted molar refractivity (Wildman–Crippen MR) is 119 cm³/mol. The van der Waals surface area contributed by atoms with Crippen LogP contribution in [0.2, 0.25) is 0 Å². The molecule has 1 heterocycles. The van der Waals surface area contributed by atoms with Gasteiger partial charge in [-0.3, -0.25) is 4.99 Å². The fourth-order valence-electron chi connectivity index (χ4n) is 4.40. The number of hydrogen-bond donors (Lipinski definition) is 2. The molecule has 1 saturated carbocycles. The number of ether oxygens (including phenoxy) is 2. The summed E-state index contributed by atoms with van der Waals surface area (Å²) >= 11 is 0. The van der Waals surface area contributed by atoms with E-state index in [9.17, 15) is 0 Å². The third-order valence-corrected chi connectivity index (χ3v) is 6.11. The molecule has 1 aliphatic carbocycles. The zero-order valence-electron chi connectivity index (χ0n) is 18.2. The first-order valence-corrected chi connectivity index (χ1v) is 11.3. The van der Waals surface area contributed by atoms with E-state index in [1.54, 1.807) is 7.11 Å². The number of benzene rings is 1. The Morgan fingerprint density at radius 2 is 1.86 bits per heavy atom. The van der Waals surface area contributed by atoms with Crippen molar-refractivity contribution in [3.8, 4) is 11.5 Å². The minimum atomic E-state index is 0.522. The number of hydrogen-bond acceptors (Lipinski definition) is 4. The molecular weight excluding hydrogens is 364 g/mol. The van der Waals surface area contributed by atoms with Crippen LogP contribution in [-0.2, 0) is 0 Å². The Morgan fingerprint density at radius 1 is 1.10 bits per heavy atom. The Bertz CT molecular complexity index is 623. The normalized spacial score (nSPS) is 19.7. The fourth-order valence-corrected chi connectivity index (χ4v) is 4.40. The van der Waals surface area contributed by atoms with E-state index in [1.807, 2.05) is 31.3 Å². The number of nitrogens with one attached hydrogen (secondary N) is 2. The Kier molecular flexibility index (Phi) is 8.93. The summed E-state index contributed by atoms with van der Waals surface area (Å²) < 4.78 is 11.0. The number of rotatable bonds is 8. The average molecular weight is 403 g/mol. The van der Waals surface area contributed by atoms with E-state index in [1.165, 1.54) is 58.0 Å². The fraction of sp³-hybridized carbons (Fsp3) is 0.696. The lowest BCUT2D eigenvalue weighted by Gasteiger charge is -2.39. The standard InChI is InChI=1S/C23H38N4O2/c1-24-23(25-14-7-17-29-22-11-6-10-21(18-22)28-2)26-19-12-15-27(16-13-19)20-8-4-3-5-9-20/h6,10-11,18-20H,3-5,7-9,12-17H2,1-2H3,(H2,24,25,26). The molecule has 2 fully saturated rings. The van der Waals surface area contributed by atoms with E-state index in [2.05, 4.69) is 20.5 Å². The molecule has 0 radical (unpaired) electrons. The van der Waals surface area contributed by atoms with Crippen LogP contribution in [0.5, 0.6) is 11.5 Å². The Labute approximate surface area is 176 Å². The van der Waals surface area contributed by atoms with Gasteiger partial charge in [0.2, 0.25) is 0 Å². The summed E-state index contributed by atoms with van der Waals surface area (Å²) in [5.74, 6) is 2.57. The molecule has 1 aromatic carbocycles. The maximum Gasteiger partial charge on any atom is 0.191 e. The van der Waals surface area contributed by atoms with Gasteiger partial charge in [-0.2, -0.15) is 0 Å². The summed E-state index contributed by atoms with van der Waals surface area (Å²) in [6, 6.07) is 9.09. The Balaban J connectivity index is 1.29. The van der Waals surface area contributed by atoms with Crippen molar-refractivity contribution in [1.82, 2.24) is 15.5 Å². The monoisotopic (exact) mass is 402 g/mol. The highest BCUT2D eigenvalue weighted by Gasteiger charge is 2.26. The van der Waals surface area contributed by atoms with Crippen LogP contribution in [0.25, 0.3) is 0 Å². The van der Waals surface area contributed by atoms with Gasteiger partial charge in [-0.15, -0.1) is 0 Å². The third-order valence-electron chi connectivity index (χ3n) is 6.11. The molecule has 1 aromatic rings. The molecule has 0 bridgehead atoms. The highest BCUT2D eigenvalue weighted by atomic mass is 16.5. The lowest BCUT2D eigenvalue weighted by molar-refractivity contribution is 0.119. The van der Waals surface area contributed by atoms with E-state index in [0.717, 1.165) is 36.5 Å². The lowest BCUT2D eigenvalue weighted by Crippen LogP contribution is -2.51. The van der Waals surface area contributed by atoms with Crippen LogP contribution in [0.4, 0.5) is 0 Å². The summed E-state index contributed by atoms with van der Waals surface area (Å²) in [4.78, 5) is 7.12. The molecule has 162 valence electrons. The van der Waals surface area contributed by atoms with Gasteiger partial charge in [0, 0.05) is 44.8 Å². The second-order valence-corrected chi connectivity index (χ2v) is 8.13. The first kappa shape index (κ1) is 21.8. The van der Waals surface area contributed by atoms with Crippen LogP contribution < -0.4 is 20.1 Å². The number of piperidine rings is 1. The summed E-state index contributed by atoms with van der Waals surface area (Å²) in [7, 11) is 3.51. The number of nitrogens with zero attached hydrogens (tertiary/aromatic N) is 2. The summed E-state index contributed by atoms with van der Waals surface area (Å²) in [5, 5.41) is 7.03. The van der Waals surface area contributed by atoms with Gasteiger partial charge >= 0.3 is 0 Å². The quantitative estimate of drug-likeness (QED) is 0.396. The minimum absolute atomic E-state index is 0.522. The Hall–Kier alpha value is -1.95. The van der Waals surface area contributed by atoms with Gasteiger partial charge in [0.05, 0.1) is 13.7 Å². The molecule has 0 amide bonds. The number of methoxy groups -OCH3 is 1. The van der Waals surface area contributed by atoms with Crippen molar-refractivity contribution in [2.24, 2.45) is 4.99 Å². The molecule has 0 aromatic heterocycles. The summed E-state index contributed by atoms with van der Waals surface area (Å²) in [6.45, 7) is 3.93. The zero-order chi connectivity index (χ0) is 20.3. The number of aliphatic imine (C=N–C) groups is 1. The number of likely N-dealkylation sites (tertiary alicyclic amines) is 1. The van der Waals surface area contributed by atoms with Gasteiger partial charge in [-0.05, 0) is 44.2 Å². The molecule has 1 aliphatic heterocycles. The molecule has 2 N–H and O–H groups in total. The highest BCUT2D eigenvalue weighted by Crippen LogP contribution is 2.25. The SMILES string of the molecule is CN=C(NCCCOc1cccc(OC)c1)NC1CCN(C2CCCCC2)CC1. The topological polar surface area (TPSA) is 58.1 Å². The van der Waals surface area contributed by atoms with Gasteiger partial charge in [0.25, 0.3) is 0 Å². The van der Waals surface area contributed by atoms with Crippen LogP contribution >= 0.6 is 0 Å². The van der Waals surface area contributed by atoms with E-state index >= 15 is 0 Å². The lowest BCUT2D eigenvalue weighted by atomic mass is 9.92. The maximum absolute atomic E-state index is 5.80. The van der Waals surface area contributed by atoms with Crippen LogP contribution in [-0.4, -0.2) is 63.3 Å². The minimum Gasteiger partial charge on any atom is -0.497 e. The predicted octanol–water partition coefficient (Wildman–Crippen LogP) is 3.43. The van der Waals surface area contributed by atoms with Crippen molar-refractivity contribution in [3.05, 3.63) is 24.3 Å². The molecule has 6 heteroatoms. The van der Waals surface area contributed by atoms with Crippen molar-refractivity contribution in [2.45, 2.75) is 63.5 Å². The van der Waals surface area contributed by atoms with Crippen LogP contribution in [0.1, 0.15) is 51.4 Å². The van der Waals surface area contributed by atoms with Gasteiger partial charge in [-0.25, -0.2) is 0 Å². The first-order valence-electron chi connectivity index (χ1n) is 11.3. The summed E-state index contributed by atoms with van der Waals surface area (Å²) in [6.07, 6.45) is 10.4. The zero-order valence-corrected chi connectivity index (χ0v) is 18.2. The van der Waals surface area contributed by atoms with E-state index in [4.69, 9.17) is 9.47 Å². The van der Waals surface area contributed by atoms with Crippen molar-refractivity contribution in [3.63, 3.8) is 0 Å². The molecule has 3 rings (SSSR count). The molecule has 1 saturated heterocycles. The molecule has 0 atom stereocenters. The van der Waals surface area contributed by atoms with Gasteiger partial charge in [0.15, 0.2) is 5.96 Å². The highest BCUT2D eigenvalue weighted by molar-refractivity contribution is 5.79. The maximum atomic E-state index is 5.80. The van der Waals surface area contributed by atoms with Crippen LogP contribution in [0.15, 0.2) is 29.3 Å². The smallest absolute Gasteiger partial charge is 0.191 e. The molecule has 6 nitrogen and oxygen atoms in total. The van der Waals surface area contributed by atoms with Gasteiger partial charge < -0.3 is 25.0 Å². The molecule has 0 spiro atoms.